The van der Waals surface area contributed by atoms with E-state index in [0.717, 1.165) is 20.1 Å². The minimum Gasteiger partial charge on any atom is -0.206 e. The van der Waals surface area contributed by atoms with E-state index in [-0.39, 0.29) is 11.2 Å². The Balaban J connectivity index is 2.40. The van der Waals surface area contributed by atoms with Crippen LogP contribution in [-0.2, 0) is 0 Å². The van der Waals surface area contributed by atoms with Gasteiger partial charge in [-0.1, -0.05) is 37.9 Å². The summed E-state index contributed by atoms with van der Waals surface area (Å²) in [6.07, 6.45) is 0. The van der Waals surface area contributed by atoms with Crippen molar-refractivity contribution in [3.8, 4) is 0 Å². The Morgan fingerprint density at radius 3 is 2.06 bits per heavy atom. The standard InChI is InChI=1S/C13H7Br3ClF/c14-9-3-8(4-10(15)6-9)13(17)7-1-2-12(18)11(16)5-7/h1-6,13H. The quantitative estimate of drug-likeness (QED) is 0.456. The number of alkyl halides is 1. The Hall–Kier alpha value is 0.1000. The Morgan fingerprint density at radius 2 is 1.50 bits per heavy atom. The van der Waals surface area contributed by atoms with E-state index in [1.165, 1.54) is 6.07 Å². The molecular weight excluding hydrogens is 450 g/mol. The lowest BCUT2D eigenvalue weighted by Gasteiger charge is -2.12. The minimum absolute atomic E-state index is 0.293. The van der Waals surface area contributed by atoms with Crippen molar-refractivity contribution in [1.82, 2.24) is 0 Å². The summed E-state index contributed by atoms with van der Waals surface area (Å²) >= 11 is 16.4. The molecule has 0 fully saturated rings. The van der Waals surface area contributed by atoms with Crippen molar-refractivity contribution in [2.45, 2.75) is 5.38 Å². The van der Waals surface area contributed by atoms with Gasteiger partial charge in [0.05, 0.1) is 9.85 Å². The maximum absolute atomic E-state index is 13.2. The van der Waals surface area contributed by atoms with E-state index in [1.807, 2.05) is 18.2 Å². The molecule has 0 amide bonds. The van der Waals surface area contributed by atoms with Crippen molar-refractivity contribution in [2.75, 3.05) is 0 Å². The van der Waals surface area contributed by atoms with Gasteiger partial charge in [-0.25, -0.2) is 4.39 Å². The maximum Gasteiger partial charge on any atom is 0.137 e. The third-order valence-electron chi connectivity index (χ3n) is 2.41. The van der Waals surface area contributed by atoms with Crippen LogP contribution in [0.4, 0.5) is 4.39 Å². The summed E-state index contributed by atoms with van der Waals surface area (Å²) in [4.78, 5) is 0. The molecule has 2 aromatic rings. The summed E-state index contributed by atoms with van der Waals surface area (Å²) in [7, 11) is 0. The van der Waals surface area contributed by atoms with Gasteiger partial charge in [0.25, 0.3) is 0 Å². The van der Waals surface area contributed by atoms with Crippen molar-refractivity contribution in [1.29, 1.82) is 0 Å². The largest absolute Gasteiger partial charge is 0.206 e. The van der Waals surface area contributed by atoms with Gasteiger partial charge < -0.3 is 0 Å². The molecule has 0 saturated heterocycles. The highest BCUT2D eigenvalue weighted by atomic mass is 79.9. The molecule has 0 N–H and O–H groups in total. The van der Waals surface area contributed by atoms with E-state index < -0.39 is 0 Å². The van der Waals surface area contributed by atoms with Crippen LogP contribution in [0.3, 0.4) is 0 Å². The smallest absolute Gasteiger partial charge is 0.137 e. The number of rotatable bonds is 2. The number of hydrogen-bond acceptors (Lipinski definition) is 0. The Kier molecular flexibility index (Phi) is 4.86. The molecule has 1 atom stereocenters. The van der Waals surface area contributed by atoms with E-state index in [9.17, 15) is 4.39 Å². The first-order chi connectivity index (χ1) is 8.47. The van der Waals surface area contributed by atoms with E-state index in [0.29, 0.717) is 4.47 Å². The van der Waals surface area contributed by atoms with Crippen LogP contribution < -0.4 is 0 Å². The topological polar surface area (TPSA) is 0 Å². The summed E-state index contributed by atoms with van der Waals surface area (Å²) in [6.45, 7) is 0. The average Bonchev–Trinajstić information content (AvgIpc) is 2.30. The van der Waals surface area contributed by atoms with Crippen LogP contribution >= 0.6 is 59.4 Å². The fraction of sp³-hybridized carbons (Fsp3) is 0.0769. The van der Waals surface area contributed by atoms with Crippen molar-refractivity contribution in [2.24, 2.45) is 0 Å². The lowest BCUT2D eigenvalue weighted by Crippen LogP contribution is -1.94. The van der Waals surface area contributed by atoms with Gasteiger partial charge in [0, 0.05) is 8.95 Å². The van der Waals surface area contributed by atoms with Gasteiger partial charge in [-0.05, 0) is 57.4 Å². The van der Waals surface area contributed by atoms with Crippen LogP contribution in [0.25, 0.3) is 0 Å². The van der Waals surface area contributed by atoms with Crippen molar-refractivity contribution in [3.63, 3.8) is 0 Å². The summed E-state index contributed by atoms with van der Waals surface area (Å²) in [5.41, 5.74) is 1.78. The van der Waals surface area contributed by atoms with Gasteiger partial charge in [0.1, 0.15) is 5.82 Å². The van der Waals surface area contributed by atoms with E-state index in [2.05, 4.69) is 47.8 Å². The zero-order valence-corrected chi connectivity index (χ0v) is 14.4. The second kappa shape index (κ2) is 6.04. The molecule has 18 heavy (non-hydrogen) atoms. The SMILES string of the molecule is Fc1ccc(C(Cl)c2cc(Br)cc(Br)c2)cc1Br. The molecule has 5 heteroatoms. The number of hydrogen-bond donors (Lipinski definition) is 0. The third kappa shape index (κ3) is 3.35. The highest BCUT2D eigenvalue weighted by molar-refractivity contribution is 9.11. The lowest BCUT2D eigenvalue weighted by atomic mass is 10.0. The van der Waals surface area contributed by atoms with Crippen molar-refractivity contribution < 1.29 is 4.39 Å². The molecule has 94 valence electrons. The second-order valence-electron chi connectivity index (χ2n) is 3.74. The van der Waals surface area contributed by atoms with Gasteiger partial charge in [-0.2, -0.15) is 0 Å². The van der Waals surface area contributed by atoms with Gasteiger partial charge in [-0.15, -0.1) is 11.6 Å². The second-order valence-corrected chi connectivity index (χ2v) is 6.86. The van der Waals surface area contributed by atoms with Gasteiger partial charge in [0.2, 0.25) is 0 Å². The van der Waals surface area contributed by atoms with Crippen LogP contribution in [0.1, 0.15) is 16.5 Å². The highest BCUT2D eigenvalue weighted by Crippen LogP contribution is 2.34. The Labute approximate surface area is 135 Å². The molecule has 0 bridgehead atoms. The van der Waals surface area contributed by atoms with E-state index >= 15 is 0 Å². The Bertz CT molecular complexity index is 566. The zero-order valence-electron chi connectivity index (χ0n) is 8.93. The molecule has 0 nitrogen and oxygen atoms in total. The van der Waals surface area contributed by atoms with Crippen LogP contribution in [0, 0.1) is 5.82 Å². The minimum atomic E-state index is -0.323. The van der Waals surface area contributed by atoms with E-state index in [4.69, 9.17) is 11.6 Å². The average molecular weight is 457 g/mol. The molecule has 2 aromatic carbocycles. The van der Waals surface area contributed by atoms with Gasteiger partial charge >= 0.3 is 0 Å². The number of halogens is 5. The van der Waals surface area contributed by atoms with E-state index in [1.54, 1.807) is 12.1 Å². The van der Waals surface area contributed by atoms with Crippen LogP contribution in [0.2, 0.25) is 0 Å². The highest BCUT2D eigenvalue weighted by Gasteiger charge is 2.13. The third-order valence-corrected chi connectivity index (χ3v) is 4.44. The summed E-state index contributed by atoms with van der Waals surface area (Å²) in [6, 6.07) is 10.6. The first kappa shape index (κ1) is 14.5. The van der Waals surface area contributed by atoms with Gasteiger partial charge in [-0.3, -0.25) is 0 Å². The summed E-state index contributed by atoms with van der Waals surface area (Å²) in [5, 5.41) is -0.323. The fourth-order valence-corrected chi connectivity index (χ4v) is 3.57. The molecule has 1 unspecified atom stereocenters. The molecule has 0 saturated carbocycles. The monoisotopic (exact) mass is 454 g/mol. The summed E-state index contributed by atoms with van der Waals surface area (Å²) < 4.78 is 15.5. The van der Waals surface area contributed by atoms with Crippen molar-refractivity contribution in [3.05, 3.63) is 66.8 Å². The molecule has 0 aliphatic heterocycles. The summed E-state index contributed by atoms with van der Waals surface area (Å²) in [5.74, 6) is -0.293. The number of benzene rings is 2. The fourth-order valence-electron chi connectivity index (χ4n) is 1.58. The van der Waals surface area contributed by atoms with Gasteiger partial charge in [0.15, 0.2) is 0 Å². The van der Waals surface area contributed by atoms with Crippen LogP contribution in [0.5, 0.6) is 0 Å². The zero-order chi connectivity index (χ0) is 13.3. The van der Waals surface area contributed by atoms with Crippen LogP contribution in [0.15, 0.2) is 49.8 Å². The lowest BCUT2D eigenvalue weighted by molar-refractivity contribution is 0.620. The molecule has 0 aliphatic rings. The normalized spacial score (nSPS) is 12.5. The van der Waals surface area contributed by atoms with Crippen LogP contribution in [-0.4, -0.2) is 0 Å². The molecule has 0 aromatic heterocycles. The first-order valence-corrected chi connectivity index (χ1v) is 7.84. The molecule has 0 radical (unpaired) electrons. The first-order valence-electron chi connectivity index (χ1n) is 5.02. The molecule has 0 heterocycles. The molecular formula is C13H7Br3ClF. The maximum atomic E-state index is 13.2. The predicted molar refractivity (Wildman–Crippen MR) is 83.6 cm³/mol. The molecule has 0 spiro atoms. The van der Waals surface area contributed by atoms with Crippen molar-refractivity contribution >= 4 is 59.4 Å². The Morgan fingerprint density at radius 1 is 0.889 bits per heavy atom. The predicted octanol–water partition coefficient (Wildman–Crippen LogP) is 6.44. The molecule has 2 rings (SSSR count). The molecule has 0 aliphatic carbocycles.